The van der Waals surface area contributed by atoms with Gasteiger partial charge in [-0.25, -0.2) is 0 Å². The van der Waals surface area contributed by atoms with Crippen molar-refractivity contribution in [3.8, 4) is 0 Å². The van der Waals surface area contributed by atoms with Crippen LogP contribution in [0.15, 0.2) is 16.2 Å². The van der Waals surface area contributed by atoms with Crippen LogP contribution in [0.5, 0.6) is 0 Å². The summed E-state index contributed by atoms with van der Waals surface area (Å²) in [5.74, 6) is 0.888. The molecule has 0 radical (unpaired) electrons. The van der Waals surface area contributed by atoms with Gasteiger partial charge in [0.1, 0.15) is 5.76 Å². The summed E-state index contributed by atoms with van der Waals surface area (Å²) in [6.45, 7) is 8.19. The van der Waals surface area contributed by atoms with Gasteiger partial charge in [-0.05, 0) is 27.7 Å². The summed E-state index contributed by atoms with van der Waals surface area (Å²) in [4.78, 5) is 5.34. The summed E-state index contributed by atoms with van der Waals surface area (Å²) in [7, 11) is 0. The second-order valence-electron chi connectivity index (χ2n) is 4.25. The van der Waals surface area contributed by atoms with Crippen LogP contribution in [0.3, 0.4) is 0 Å². The fraction of sp³-hybridized carbons (Fsp3) is 0.500. The molecule has 0 aliphatic heterocycles. The van der Waals surface area contributed by atoms with E-state index in [9.17, 15) is 0 Å². The first-order valence-electron chi connectivity index (χ1n) is 5.66. The van der Waals surface area contributed by atoms with E-state index in [1.807, 2.05) is 25.6 Å². The molecule has 1 N–H and O–H groups in total. The third-order valence-corrected chi connectivity index (χ3v) is 3.86. The van der Waals surface area contributed by atoms with E-state index >= 15 is 0 Å². The number of hydrogen-bond acceptors (Lipinski definition) is 5. The van der Waals surface area contributed by atoms with Crippen LogP contribution in [-0.2, 0) is 0 Å². The Bertz CT molecular complexity index is 458. The van der Waals surface area contributed by atoms with Crippen molar-refractivity contribution in [1.29, 1.82) is 0 Å². The highest BCUT2D eigenvalue weighted by atomic mass is 32.1. The molecule has 17 heavy (non-hydrogen) atoms. The summed E-state index contributed by atoms with van der Waals surface area (Å²) in [6, 6.07) is 0.504. The lowest BCUT2D eigenvalue weighted by atomic mass is 10.1. The van der Waals surface area contributed by atoms with Crippen LogP contribution in [0.2, 0.25) is 0 Å². The monoisotopic (exact) mass is 251 g/mol. The maximum atomic E-state index is 5.19. The quantitative estimate of drug-likeness (QED) is 0.906. The molecule has 0 saturated carbocycles. The van der Waals surface area contributed by atoms with Gasteiger partial charge >= 0.3 is 0 Å². The van der Waals surface area contributed by atoms with Gasteiger partial charge in [-0.15, -0.1) is 11.3 Å². The van der Waals surface area contributed by atoms with E-state index in [4.69, 9.17) is 4.52 Å². The van der Waals surface area contributed by atoms with Crippen molar-refractivity contribution in [2.24, 2.45) is 0 Å². The second-order valence-corrected chi connectivity index (χ2v) is 5.17. The summed E-state index contributed by atoms with van der Waals surface area (Å²) in [6.07, 6.45) is 1.91. The maximum Gasteiger partial charge on any atom is 0.138 e. The molecule has 2 rings (SSSR count). The first kappa shape index (κ1) is 12.3. The average Bonchev–Trinajstić information content (AvgIpc) is 2.88. The van der Waals surface area contributed by atoms with Gasteiger partial charge in [-0.3, -0.25) is 4.98 Å². The summed E-state index contributed by atoms with van der Waals surface area (Å²) >= 11 is 1.67. The van der Waals surface area contributed by atoms with Crippen molar-refractivity contribution < 1.29 is 4.52 Å². The van der Waals surface area contributed by atoms with E-state index in [1.165, 1.54) is 4.88 Å². The molecule has 0 aliphatic carbocycles. The SMILES string of the molecule is Cc1noc(C)c1C(C)NC(C)c1cncs1. The third-order valence-electron chi connectivity index (χ3n) is 2.90. The topological polar surface area (TPSA) is 51.0 Å². The molecule has 2 aromatic rings. The smallest absolute Gasteiger partial charge is 0.138 e. The molecule has 2 atom stereocenters. The Kier molecular flexibility index (Phi) is 3.59. The molecular weight excluding hydrogens is 234 g/mol. The molecule has 2 aromatic heterocycles. The van der Waals surface area contributed by atoms with Crippen molar-refractivity contribution >= 4 is 11.3 Å². The molecule has 4 nitrogen and oxygen atoms in total. The highest BCUT2D eigenvalue weighted by Gasteiger charge is 2.18. The van der Waals surface area contributed by atoms with E-state index in [2.05, 4.69) is 29.3 Å². The predicted octanol–water partition coefficient (Wildman–Crippen LogP) is 3.16. The maximum absolute atomic E-state index is 5.19. The standard InChI is InChI=1S/C12H17N3OS/c1-7(11-5-13-6-17-11)14-8(2)12-9(3)15-16-10(12)4/h5-8,14H,1-4H3. The number of aromatic nitrogens is 2. The molecule has 2 unspecified atom stereocenters. The van der Waals surface area contributed by atoms with Crippen molar-refractivity contribution in [2.75, 3.05) is 0 Å². The van der Waals surface area contributed by atoms with Crippen molar-refractivity contribution in [1.82, 2.24) is 15.5 Å². The Hall–Kier alpha value is -1.20. The zero-order valence-electron chi connectivity index (χ0n) is 10.5. The van der Waals surface area contributed by atoms with Crippen LogP contribution in [0.1, 0.15) is 47.8 Å². The molecule has 0 aromatic carbocycles. The first-order chi connectivity index (χ1) is 8.09. The van der Waals surface area contributed by atoms with Gasteiger partial charge in [-0.1, -0.05) is 5.16 Å². The van der Waals surface area contributed by atoms with E-state index < -0.39 is 0 Å². The van der Waals surface area contributed by atoms with Crippen LogP contribution in [0.4, 0.5) is 0 Å². The van der Waals surface area contributed by atoms with Gasteiger partial charge in [0.15, 0.2) is 0 Å². The van der Waals surface area contributed by atoms with Gasteiger partial charge in [0.05, 0.1) is 11.2 Å². The van der Waals surface area contributed by atoms with E-state index in [-0.39, 0.29) is 12.1 Å². The molecule has 0 spiro atoms. The summed E-state index contributed by atoms with van der Waals surface area (Å²) in [5, 5.41) is 7.52. The average molecular weight is 251 g/mol. The number of nitrogens with zero attached hydrogens (tertiary/aromatic N) is 2. The zero-order valence-corrected chi connectivity index (χ0v) is 11.3. The Morgan fingerprint density at radius 3 is 2.59 bits per heavy atom. The van der Waals surface area contributed by atoms with Crippen molar-refractivity contribution in [2.45, 2.75) is 39.8 Å². The molecule has 0 saturated heterocycles. The Morgan fingerprint density at radius 2 is 2.06 bits per heavy atom. The van der Waals surface area contributed by atoms with Crippen molar-refractivity contribution in [3.63, 3.8) is 0 Å². The minimum absolute atomic E-state index is 0.221. The molecule has 5 heteroatoms. The predicted molar refractivity (Wildman–Crippen MR) is 68.1 cm³/mol. The largest absolute Gasteiger partial charge is 0.361 e. The van der Waals surface area contributed by atoms with Gasteiger partial charge < -0.3 is 9.84 Å². The van der Waals surface area contributed by atoms with Crippen LogP contribution in [0, 0.1) is 13.8 Å². The molecule has 0 bridgehead atoms. The van der Waals surface area contributed by atoms with E-state index in [0.717, 1.165) is 17.0 Å². The van der Waals surface area contributed by atoms with Gasteiger partial charge in [-0.2, -0.15) is 0 Å². The normalized spacial score (nSPS) is 14.8. The summed E-state index contributed by atoms with van der Waals surface area (Å²) < 4.78 is 5.19. The Balaban J connectivity index is 2.09. The highest BCUT2D eigenvalue weighted by molar-refractivity contribution is 7.09. The molecule has 2 heterocycles. The lowest BCUT2D eigenvalue weighted by molar-refractivity contribution is 0.389. The minimum Gasteiger partial charge on any atom is -0.361 e. The number of thiazole rings is 1. The number of aryl methyl sites for hydroxylation is 2. The number of nitrogens with one attached hydrogen (secondary N) is 1. The lowest BCUT2D eigenvalue weighted by Crippen LogP contribution is -2.22. The van der Waals surface area contributed by atoms with Gasteiger partial charge in [0.2, 0.25) is 0 Å². The van der Waals surface area contributed by atoms with Crippen LogP contribution < -0.4 is 5.32 Å². The minimum atomic E-state index is 0.221. The van der Waals surface area contributed by atoms with Crippen LogP contribution in [-0.4, -0.2) is 10.1 Å². The number of rotatable bonds is 4. The first-order valence-corrected chi connectivity index (χ1v) is 6.54. The summed E-state index contributed by atoms with van der Waals surface area (Å²) in [5.41, 5.74) is 3.97. The molecule has 0 fully saturated rings. The lowest BCUT2D eigenvalue weighted by Gasteiger charge is -2.18. The van der Waals surface area contributed by atoms with Crippen LogP contribution in [0.25, 0.3) is 0 Å². The Labute approximate surface area is 105 Å². The van der Waals surface area contributed by atoms with Gasteiger partial charge in [0.25, 0.3) is 0 Å². The van der Waals surface area contributed by atoms with E-state index in [0.29, 0.717) is 0 Å². The second kappa shape index (κ2) is 4.98. The molecule has 0 aliphatic rings. The number of hydrogen-bond donors (Lipinski definition) is 1. The van der Waals surface area contributed by atoms with E-state index in [1.54, 1.807) is 11.3 Å². The fourth-order valence-corrected chi connectivity index (χ4v) is 2.73. The zero-order chi connectivity index (χ0) is 12.4. The van der Waals surface area contributed by atoms with Crippen LogP contribution >= 0.6 is 11.3 Å². The molecular formula is C12H17N3OS. The molecule has 0 amide bonds. The van der Waals surface area contributed by atoms with Crippen molar-refractivity contribution in [3.05, 3.63) is 33.6 Å². The molecule has 92 valence electrons. The van der Waals surface area contributed by atoms with Gasteiger partial charge in [0, 0.05) is 28.7 Å². The Morgan fingerprint density at radius 1 is 1.29 bits per heavy atom. The highest BCUT2D eigenvalue weighted by Crippen LogP contribution is 2.25. The third kappa shape index (κ3) is 2.56. The fourth-order valence-electron chi connectivity index (χ4n) is 2.09.